The minimum Gasteiger partial charge on any atom is -0.455 e. The van der Waals surface area contributed by atoms with Crippen LogP contribution in [0.4, 0.5) is 17.1 Å². The molecule has 3 nitrogen and oxygen atoms in total. The van der Waals surface area contributed by atoms with E-state index in [-0.39, 0.29) is 24.2 Å². The highest BCUT2D eigenvalue weighted by Gasteiger charge is 2.25. The summed E-state index contributed by atoms with van der Waals surface area (Å²) in [4.78, 5) is 2.02. The van der Waals surface area contributed by atoms with E-state index in [1.165, 1.54) is 0 Å². The van der Waals surface area contributed by atoms with Crippen LogP contribution in [0.25, 0.3) is 71.0 Å². The molecule has 10 rings (SSSR count). The van der Waals surface area contributed by atoms with Crippen LogP contribution in [-0.4, -0.2) is 4.57 Å². The predicted molar refractivity (Wildman–Crippen MR) is 198 cm³/mol. The summed E-state index contributed by atoms with van der Waals surface area (Å²) >= 11 is 0. The summed E-state index contributed by atoms with van der Waals surface area (Å²) in [7, 11) is 0. The molecule has 0 radical (unpaired) electrons. The molecule has 0 saturated carbocycles. The molecular formula is C44H28N2O. The molecule has 0 amide bonds. The van der Waals surface area contributed by atoms with Crippen LogP contribution in [0.2, 0.25) is 0 Å². The standard InChI is InChI=1S/C44H28N2O/c1-3-16-31-29(13-1)15-11-24-36(31)46(41-25-12-26-42-43(41)35-28-27-30-14-2-4-17-32(30)44(35)47-42)40-23-10-9-22-39(40)45-37-20-7-5-18-33(37)34-19-6-8-21-38(34)45/h1-28H/i9D,10D,22D,23D. The molecule has 0 bridgehead atoms. The topological polar surface area (TPSA) is 21.3 Å². The Morgan fingerprint density at radius 1 is 0.468 bits per heavy atom. The fourth-order valence-electron chi connectivity index (χ4n) is 7.28. The summed E-state index contributed by atoms with van der Waals surface area (Å²) in [5.41, 5.74) is 5.37. The Balaban J connectivity index is 1.42. The van der Waals surface area contributed by atoms with Crippen LogP contribution in [0.5, 0.6) is 0 Å². The Bertz CT molecular complexity index is 2990. The van der Waals surface area contributed by atoms with Crippen molar-refractivity contribution in [2.45, 2.75) is 0 Å². The third-order valence-corrected chi connectivity index (χ3v) is 9.29. The van der Waals surface area contributed by atoms with Gasteiger partial charge in [0.1, 0.15) is 11.2 Å². The highest BCUT2D eigenvalue weighted by molar-refractivity contribution is 6.20. The number of hydrogen-bond acceptors (Lipinski definition) is 2. The first kappa shape index (κ1) is 22.2. The van der Waals surface area contributed by atoms with Gasteiger partial charge in [0.2, 0.25) is 0 Å². The molecule has 0 fully saturated rings. The Morgan fingerprint density at radius 2 is 1.06 bits per heavy atom. The van der Waals surface area contributed by atoms with Crippen molar-refractivity contribution < 1.29 is 9.90 Å². The van der Waals surface area contributed by atoms with E-state index in [4.69, 9.17) is 7.16 Å². The minimum atomic E-state index is -0.306. The first-order valence-electron chi connectivity index (χ1n) is 17.7. The molecule has 2 aromatic heterocycles. The van der Waals surface area contributed by atoms with Gasteiger partial charge in [-0.1, -0.05) is 121 Å². The molecule has 10 aromatic rings. The zero-order valence-electron chi connectivity index (χ0n) is 29.2. The van der Waals surface area contributed by atoms with E-state index < -0.39 is 0 Å². The normalized spacial score (nSPS) is 13.0. The van der Waals surface area contributed by atoms with Crippen LogP contribution in [0.15, 0.2) is 174 Å². The average Bonchev–Trinajstić information content (AvgIpc) is 3.73. The summed E-state index contributed by atoms with van der Waals surface area (Å²) in [5, 5.41) is 7.79. The fourth-order valence-corrected chi connectivity index (χ4v) is 7.28. The summed E-state index contributed by atoms with van der Waals surface area (Å²) in [5.74, 6) is 0. The second-order valence-corrected chi connectivity index (χ2v) is 11.8. The van der Waals surface area contributed by atoms with Gasteiger partial charge >= 0.3 is 0 Å². The van der Waals surface area contributed by atoms with Gasteiger partial charge in [0.25, 0.3) is 0 Å². The molecule has 0 aliphatic rings. The van der Waals surface area contributed by atoms with E-state index in [2.05, 4.69) is 54.6 Å². The molecule has 47 heavy (non-hydrogen) atoms. The van der Waals surface area contributed by atoms with Gasteiger partial charge in [-0.2, -0.15) is 0 Å². The molecule has 0 atom stereocenters. The van der Waals surface area contributed by atoms with Gasteiger partial charge in [-0.05, 0) is 59.3 Å². The molecule has 8 aromatic carbocycles. The third kappa shape index (κ3) is 3.81. The SMILES string of the molecule is [2H]c1c([2H])c([2H])c(-n2c3ccccc3c3ccccc32)c(N(c2cccc3ccccc23)c2cccc3oc4c5ccccc5ccc4c23)c1[2H]. The Hall–Kier alpha value is -6.32. The molecule has 220 valence electrons. The van der Waals surface area contributed by atoms with Gasteiger partial charge in [-0.15, -0.1) is 0 Å². The van der Waals surface area contributed by atoms with E-state index >= 15 is 0 Å². The van der Waals surface area contributed by atoms with E-state index in [9.17, 15) is 2.74 Å². The number of fused-ring (bicyclic) bond motifs is 9. The summed E-state index contributed by atoms with van der Waals surface area (Å²) in [6, 6.07) is 47.7. The monoisotopic (exact) mass is 604 g/mol. The molecule has 0 aliphatic carbocycles. The first-order valence-corrected chi connectivity index (χ1v) is 15.7. The maximum Gasteiger partial charge on any atom is 0.143 e. The van der Waals surface area contributed by atoms with Crippen LogP contribution in [-0.2, 0) is 0 Å². The average molecular weight is 605 g/mol. The third-order valence-electron chi connectivity index (χ3n) is 9.29. The second-order valence-electron chi connectivity index (χ2n) is 11.8. The molecule has 3 heteroatoms. The van der Waals surface area contributed by atoms with Crippen molar-refractivity contribution in [3.8, 4) is 5.69 Å². The van der Waals surface area contributed by atoms with Crippen molar-refractivity contribution in [2.75, 3.05) is 4.90 Å². The number of rotatable bonds is 4. The number of hydrogen-bond donors (Lipinski definition) is 0. The number of benzene rings is 8. The van der Waals surface area contributed by atoms with Crippen molar-refractivity contribution in [1.29, 1.82) is 0 Å². The Kier molecular flexibility index (Phi) is 4.78. The largest absolute Gasteiger partial charge is 0.455 e. The van der Waals surface area contributed by atoms with Gasteiger partial charge in [-0.3, -0.25) is 0 Å². The number of aromatic nitrogens is 1. The Morgan fingerprint density at radius 3 is 1.85 bits per heavy atom. The van der Waals surface area contributed by atoms with Crippen LogP contribution in [0.3, 0.4) is 0 Å². The van der Waals surface area contributed by atoms with Crippen LogP contribution < -0.4 is 4.90 Å². The van der Waals surface area contributed by atoms with E-state index in [1.807, 2.05) is 100 Å². The lowest BCUT2D eigenvalue weighted by molar-refractivity contribution is 0.672. The van der Waals surface area contributed by atoms with Crippen LogP contribution >= 0.6 is 0 Å². The molecule has 0 aliphatic heterocycles. The lowest BCUT2D eigenvalue weighted by atomic mass is 10.0. The highest BCUT2D eigenvalue weighted by Crippen LogP contribution is 2.48. The highest BCUT2D eigenvalue weighted by atomic mass is 16.3. The summed E-state index contributed by atoms with van der Waals surface area (Å²) in [6.07, 6.45) is 0. The lowest BCUT2D eigenvalue weighted by Crippen LogP contribution is -2.14. The predicted octanol–water partition coefficient (Wildman–Crippen LogP) is 12.5. The van der Waals surface area contributed by atoms with E-state index in [1.54, 1.807) is 0 Å². The molecule has 0 unspecified atom stereocenters. The number of para-hydroxylation sites is 4. The molecular weight excluding hydrogens is 572 g/mol. The number of nitrogens with zero attached hydrogens (tertiary/aromatic N) is 2. The lowest BCUT2D eigenvalue weighted by Gasteiger charge is -2.30. The van der Waals surface area contributed by atoms with Gasteiger partial charge in [-0.25, -0.2) is 0 Å². The molecule has 0 N–H and O–H groups in total. The van der Waals surface area contributed by atoms with Crippen molar-refractivity contribution >= 4 is 82.4 Å². The summed E-state index contributed by atoms with van der Waals surface area (Å²) in [6.45, 7) is 0. The van der Waals surface area contributed by atoms with Gasteiger partial charge in [0.15, 0.2) is 0 Å². The molecule has 2 heterocycles. The Labute approximate surface area is 276 Å². The smallest absolute Gasteiger partial charge is 0.143 e. The summed E-state index contributed by atoms with van der Waals surface area (Å²) < 4.78 is 46.0. The van der Waals surface area contributed by atoms with Crippen LogP contribution in [0, 0.1) is 0 Å². The quantitative estimate of drug-likeness (QED) is 0.199. The zero-order valence-corrected chi connectivity index (χ0v) is 25.2. The van der Waals surface area contributed by atoms with Gasteiger partial charge in [0.05, 0.1) is 44.7 Å². The number of furan rings is 1. The fraction of sp³-hybridized carbons (Fsp3) is 0. The maximum atomic E-state index is 9.70. The first-order chi connectivity index (χ1) is 25.0. The van der Waals surface area contributed by atoms with Crippen molar-refractivity contribution in [3.63, 3.8) is 0 Å². The van der Waals surface area contributed by atoms with Gasteiger partial charge in [0, 0.05) is 26.9 Å². The van der Waals surface area contributed by atoms with E-state index in [0.29, 0.717) is 17.0 Å². The zero-order chi connectivity index (χ0) is 34.4. The van der Waals surface area contributed by atoms with Crippen molar-refractivity contribution in [3.05, 3.63) is 170 Å². The molecule has 0 saturated heterocycles. The van der Waals surface area contributed by atoms with Crippen molar-refractivity contribution in [2.24, 2.45) is 0 Å². The van der Waals surface area contributed by atoms with Gasteiger partial charge < -0.3 is 13.9 Å². The van der Waals surface area contributed by atoms with Crippen molar-refractivity contribution in [1.82, 2.24) is 4.57 Å². The van der Waals surface area contributed by atoms with E-state index in [0.717, 1.165) is 71.1 Å². The minimum absolute atomic E-state index is 0.127. The maximum absolute atomic E-state index is 9.70. The van der Waals surface area contributed by atoms with Crippen LogP contribution in [0.1, 0.15) is 5.48 Å². The second kappa shape index (κ2) is 10.1. The number of anilines is 3. The molecule has 0 spiro atoms.